The van der Waals surface area contributed by atoms with Crippen LogP contribution in [0, 0.1) is 17.8 Å². The van der Waals surface area contributed by atoms with Crippen molar-refractivity contribution in [2.75, 3.05) is 18.5 Å². The van der Waals surface area contributed by atoms with Gasteiger partial charge in [0.2, 0.25) is 17.7 Å². The Hall–Kier alpha value is -2.84. The fraction of sp³-hybridized carbons (Fsp3) is 0.464. The normalized spacial score (nSPS) is 30.3. The van der Waals surface area contributed by atoms with Crippen LogP contribution in [0.15, 0.2) is 60.7 Å². The number of aliphatic hydroxyl groups excluding tert-OH is 1. The molecular formula is C28H33N3O4S. The molecule has 3 saturated heterocycles. The Kier molecular flexibility index (Phi) is 7.08. The molecule has 3 aliphatic rings. The average Bonchev–Trinajstić information content (AvgIpc) is 3.48. The highest BCUT2D eigenvalue weighted by Gasteiger charge is 2.75. The van der Waals surface area contributed by atoms with Crippen molar-refractivity contribution >= 4 is 35.2 Å². The summed E-state index contributed by atoms with van der Waals surface area (Å²) in [6.45, 7) is 2.94. The number of nitrogens with one attached hydrogen (secondary N) is 2. The zero-order chi connectivity index (χ0) is 25.3. The van der Waals surface area contributed by atoms with E-state index in [1.807, 2.05) is 60.7 Å². The summed E-state index contributed by atoms with van der Waals surface area (Å²) < 4.78 is -0.638. The van der Waals surface area contributed by atoms with E-state index in [1.165, 1.54) is 0 Å². The molecule has 3 heterocycles. The second kappa shape index (κ2) is 10.3. The fourth-order valence-electron chi connectivity index (χ4n) is 6.38. The Labute approximate surface area is 216 Å². The molecule has 3 aliphatic heterocycles. The number of aliphatic hydroxyl groups is 1. The number of para-hydroxylation sites is 1. The van der Waals surface area contributed by atoms with Crippen LogP contribution in [-0.2, 0) is 20.9 Å². The van der Waals surface area contributed by atoms with E-state index in [1.54, 1.807) is 16.7 Å². The summed E-state index contributed by atoms with van der Waals surface area (Å²) >= 11 is 1.68. The molecule has 1 spiro atoms. The minimum atomic E-state index is -0.642. The molecule has 3 unspecified atom stereocenters. The lowest BCUT2D eigenvalue weighted by atomic mass is 9.66. The van der Waals surface area contributed by atoms with E-state index in [0.717, 1.165) is 12.0 Å². The lowest BCUT2D eigenvalue weighted by Gasteiger charge is -2.38. The van der Waals surface area contributed by atoms with Gasteiger partial charge in [-0.05, 0) is 42.9 Å². The van der Waals surface area contributed by atoms with Crippen LogP contribution in [0.4, 0.5) is 5.69 Å². The van der Waals surface area contributed by atoms with Crippen LogP contribution in [0.3, 0.4) is 0 Å². The summed E-state index contributed by atoms with van der Waals surface area (Å²) in [5.41, 5.74) is 1.70. The molecule has 190 valence electrons. The molecule has 3 amide bonds. The van der Waals surface area contributed by atoms with Gasteiger partial charge in [-0.2, -0.15) is 0 Å². The number of likely N-dealkylation sites (tertiary alicyclic amines) is 1. The molecule has 0 aliphatic carbocycles. The predicted molar refractivity (Wildman–Crippen MR) is 140 cm³/mol. The maximum Gasteiger partial charge on any atom is 0.244 e. The van der Waals surface area contributed by atoms with Crippen molar-refractivity contribution in [2.45, 2.75) is 48.8 Å². The van der Waals surface area contributed by atoms with Crippen LogP contribution in [-0.4, -0.2) is 56.9 Å². The topological polar surface area (TPSA) is 98.7 Å². The van der Waals surface area contributed by atoms with E-state index in [4.69, 9.17) is 0 Å². The number of hydrogen-bond donors (Lipinski definition) is 3. The second-order valence-electron chi connectivity index (χ2n) is 10.1. The first-order valence-electron chi connectivity index (χ1n) is 12.7. The Morgan fingerprint density at radius 2 is 1.75 bits per heavy atom. The molecule has 0 aromatic heterocycles. The summed E-state index contributed by atoms with van der Waals surface area (Å²) in [5.74, 6) is -1.32. The number of carbonyl (C=O) groups is 3. The van der Waals surface area contributed by atoms with Gasteiger partial charge >= 0.3 is 0 Å². The van der Waals surface area contributed by atoms with Crippen LogP contribution in [0.25, 0.3) is 0 Å². The minimum absolute atomic E-state index is 0.00155. The van der Waals surface area contributed by atoms with Crippen molar-refractivity contribution in [1.82, 2.24) is 10.2 Å². The van der Waals surface area contributed by atoms with Crippen molar-refractivity contribution in [3.8, 4) is 0 Å². The molecule has 36 heavy (non-hydrogen) atoms. The first kappa shape index (κ1) is 24.8. The number of carbonyl (C=O) groups excluding carboxylic acids is 3. The highest BCUT2D eigenvalue weighted by Crippen LogP contribution is 2.68. The Morgan fingerprint density at radius 1 is 1.06 bits per heavy atom. The summed E-state index contributed by atoms with van der Waals surface area (Å²) in [4.78, 5) is 43.0. The highest BCUT2D eigenvalue weighted by molar-refractivity contribution is 8.02. The van der Waals surface area contributed by atoms with E-state index in [0.29, 0.717) is 31.6 Å². The monoisotopic (exact) mass is 507 g/mol. The van der Waals surface area contributed by atoms with Crippen LogP contribution in [0.1, 0.15) is 31.7 Å². The number of benzene rings is 2. The van der Waals surface area contributed by atoms with Gasteiger partial charge in [0.05, 0.1) is 16.6 Å². The van der Waals surface area contributed by atoms with Gasteiger partial charge in [-0.3, -0.25) is 14.4 Å². The summed E-state index contributed by atoms with van der Waals surface area (Å²) in [5, 5.41) is 15.4. The zero-order valence-corrected chi connectivity index (χ0v) is 21.2. The fourth-order valence-corrected chi connectivity index (χ4v) is 8.81. The highest BCUT2D eigenvalue weighted by atomic mass is 32.2. The van der Waals surface area contributed by atoms with Crippen molar-refractivity contribution in [2.24, 2.45) is 17.8 Å². The van der Waals surface area contributed by atoms with Crippen molar-refractivity contribution in [1.29, 1.82) is 0 Å². The Bertz CT molecular complexity index is 1110. The van der Waals surface area contributed by atoms with Gasteiger partial charge in [0.15, 0.2) is 0 Å². The molecule has 2 aromatic carbocycles. The van der Waals surface area contributed by atoms with Gasteiger partial charge < -0.3 is 20.6 Å². The van der Waals surface area contributed by atoms with Crippen molar-refractivity contribution in [3.05, 3.63) is 66.2 Å². The summed E-state index contributed by atoms with van der Waals surface area (Å²) in [7, 11) is 0. The standard InChI is InChI=1S/C28H33N3O4S/c1-18-16-21-22(25(33)30-20-12-6-3-7-13-20)23-27(35)31(14-8-9-15-32)24(28(18,23)36-21)26(34)29-17-19-10-4-2-5-11-19/h2-7,10-13,18,21-24,32H,8-9,14-17H2,1H3,(H,29,34)(H,30,33)/t18?,21-,22+,23+,24?,28?/m1/s1. The number of amides is 3. The maximum atomic E-state index is 14.0. The van der Waals surface area contributed by atoms with Crippen LogP contribution in [0.2, 0.25) is 0 Å². The number of anilines is 1. The van der Waals surface area contributed by atoms with Gasteiger partial charge in [-0.25, -0.2) is 0 Å². The van der Waals surface area contributed by atoms with Crippen LogP contribution < -0.4 is 10.6 Å². The molecule has 7 nitrogen and oxygen atoms in total. The third-order valence-electron chi connectivity index (χ3n) is 7.95. The van der Waals surface area contributed by atoms with Gasteiger partial charge in [-0.1, -0.05) is 55.5 Å². The van der Waals surface area contributed by atoms with E-state index in [9.17, 15) is 19.5 Å². The lowest BCUT2D eigenvalue weighted by molar-refractivity contribution is -0.139. The van der Waals surface area contributed by atoms with Gasteiger partial charge in [-0.15, -0.1) is 11.8 Å². The number of rotatable bonds is 9. The molecule has 2 bridgehead atoms. The number of hydrogen-bond acceptors (Lipinski definition) is 5. The Balaban J connectivity index is 1.44. The molecule has 6 atom stereocenters. The largest absolute Gasteiger partial charge is 0.396 e. The lowest BCUT2D eigenvalue weighted by Crippen LogP contribution is -2.56. The first-order valence-corrected chi connectivity index (χ1v) is 13.6. The Morgan fingerprint density at radius 3 is 2.44 bits per heavy atom. The molecule has 0 radical (unpaired) electrons. The quantitative estimate of drug-likeness (QED) is 0.453. The first-order chi connectivity index (χ1) is 17.5. The molecule has 3 N–H and O–H groups in total. The van der Waals surface area contributed by atoms with Crippen LogP contribution >= 0.6 is 11.8 Å². The van der Waals surface area contributed by atoms with Gasteiger partial charge in [0, 0.05) is 30.6 Å². The number of nitrogens with zero attached hydrogens (tertiary/aromatic N) is 1. The molecule has 3 fully saturated rings. The number of unbranched alkanes of at least 4 members (excludes halogenated alkanes) is 1. The molecule has 8 heteroatoms. The number of thioether (sulfide) groups is 1. The molecular weight excluding hydrogens is 474 g/mol. The molecule has 2 aromatic rings. The molecule has 0 saturated carbocycles. The number of fused-ring (bicyclic) bond motifs is 1. The van der Waals surface area contributed by atoms with Gasteiger partial charge in [0.1, 0.15) is 6.04 Å². The molecule has 5 rings (SSSR count). The smallest absolute Gasteiger partial charge is 0.244 e. The predicted octanol–water partition coefficient (Wildman–Crippen LogP) is 3.05. The summed E-state index contributed by atoms with van der Waals surface area (Å²) in [6, 6.07) is 18.4. The van der Waals surface area contributed by atoms with E-state index < -0.39 is 22.6 Å². The second-order valence-corrected chi connectivity index (χ2v) is 11.6. The average molecular weight is 508 g/mol. The third-order valence-corrected chi connectivity index (χ3v) is 10.0. The van der Waals surface area contributed by atoms with E-state index in [-0.39, 0.29) is 35.5 Å². The maximum absolute atomic E-state index is 14.0. The minimum Gasteiger partial charge on any atom is -0.396 e. The summed E-state index contributed by atoms with van der Waals surface area (Å²) in [6.07, 6.45) is 1.97. The van der Waals surface area contributed by atoms with Gasteiger partial charge in [0.25, 0.3) is 0 Å². The third kappa shape index (κ3) is 4.20. The SMILES string of the molecule is CC1C[C@H]2SC13C(C(=O)NCc1ccccc1)N(CCCCO)C(=O)[C@@H]3[C@H]2C(=O)Nc1ccccc1. The van der Waals surface area contributed by atoms with Crippen LogP contribution in [0.5, 0.6) is 0 Å². The van der Waals surface area contributed by atoms with Crippen molar-refractivity contribution in [3.63, 3.8) is 0 Å². The van der Waals surface area contributed by atoms with E-state index in [2.05, 4.69) is 17.6 Å². The van der Waals surface area contributed by atoms with Crippen molar-refractivity contribution < 1.29 is 19.5 Å². The zero-order valence-electron chi connectivity index (χ0n) is 20.4. The van der Waals surface area contributed by atoms with E-state index >= 15 is 0 Å².